The van der Waals surface area contributed by atoms with Crippen LogP contribution in [0.15, 0.2) is 30.3 Å². The zero-order valence-corrected chi connectivity index (χ0v) is 13.0. The summed E-state index contributed by atoms with van der Waals surface area (Å²) in [5.41, 5.74) is 4.76. The molecule has 2 N–H and O–H groups in total. The Morgan fingerprint density at radius 1 is 1.10 bits per heavy atom. The molecule has 2 aromatic rings. The lowest BCUT2D eigenvalue weighted by Gasteiger charge is -2.32. The molecule has 3 heteroatoms. The van der Waals surface area contributed by atoms with Gasteiger partial charge in [-0.25, -0.2) is 0 Å². The second-order valence-corrected chi connectivity index (χ2v) is 6.24. The third-order valence-corrected chi connectivity index (χ3v) is 4.71. The van der Waals surface area contributed by atoms with Crippen LogP contribution in [-0.4, -0.2) is 10.2 Å². The van der Waals surface area contributed by atoms with E-state index in [0.29, 0.717) is 6.04 Å². The lowest BCUT2D eigenvalue weighted by molar-refractivity contribution is 0.321. The van der Waals surface area contributed by atoms with Gasteiger partial charge in [0.15, 0.2) is 0 Å². The number of aryl methyl sites for hydroxylation is 2. The van der Waals surface area contributed by atoms with Crippen LogP contribution in [0.5, 0.6) is 0 Å². The van der Waals surface area contributed by atoms with Crippen molar-refractivity contribution in [3.8, 4) is 0 Å². The summed E-state index contributed by atoms with van der Waals surface area (Å²) in [6.07, 6.45) is 6.75. The largest absolute Gasteiger partial charge is 0.375 e. The minimum absolute atomic E-state index is 0.390. The Kier molecular flexibility index (Phi) is 4.28. The Morgan fingerprint density at radius 3 is 2.43 bits per heavy atom. The normalized spacial score (nSPS) is 17.6. The van der Waals surface area contributed by atoms with Gasteiger partial charge in [-0.3, -0.25) is 5.10 Å². The maximum Gasteiger partial charge on any atom is 0.0825 e. The molecular weight excluding hydrogens is 258 g/mol. The first-order valence-corrected chi connectivity index (χ1v) is 8.09. The fraction of sp³-hybridized carbons (Fsp3) is 0.500. The summed E-state index contributed by atoms with van der Waals surface area (Å²) < 4.78 is 0. The van der Waals surface area contributed by atoms with E-state index in [1.807, 2.05) is 0 Å². The maximum atomic E-state index is 4.32. The number of H-pyrrole nitrogens is 1. The third-order valence-electron chi connectivity index (χ3n) is 4.71. The molecule has 1 aliphatic carbocycles. The highest BCUT2D eigenvalue weighted by molar-refractivity contribution is 5.53. The van der Waals surface area contributed by atoms with E-state index < -0.39 is 0 Å². The number of nitrogens with zero attached hydrogens (tertiary/aromatic N) is 1. The molecule has 0 radical (unpaired) electrons. The van der Waals surface area contributed by atoms with E-state index in [2.05, 4.69) is 59.7 Å². The van der Waals surface area contributed by atoms with Gasteiger partial charge in [0.25, 0.3) is 0 Å². The quantitative estimate of drug-likeness (QED) is 0.849. The summed E-state index contributed by atoms with van der Waals surface area (Å²) in [6, 6.07) is 11.3. The molecule has 0 amide bonds. The number of nitrogens with one attached hydrogen (secondary N) is 2. The summed E-state index contributed by atoms with van der Waals surface area (Å²) >= 11 is 0. The smallest absolute Gasteiger partial charge is 0.0825 e. The summed E-state index contributed by atoms with van der Waals surface area (Å²) in [5.74, 6) is 0.717. The third kappa shape index (κ3) is 3.12. The summed E-state index contributed by atoms with van der Waals surface area (Å²) in [6.45, 7) is 4.15. The molecular formula is C18H25N3. The van der Waals surface area contributed by atoms with E-state index in [0.717, 1.165) is 17.3 Å². The van der Waals surface area contributed by atoms with Gasteiger partial charge in [0.2, 0.25) is 0 Å². The van der Waals surface area contributed by atoms with Crippen molar-refractivity contribution in [1.29, 1.82) is 0 Å². The van der Waals surface area contributed by atoms with Crippen molar-refractivity contribution in [2.45, 2.75) is 52.0 Å². The van der Waals surface area contributed by atoms with Crippen LogP contribution in [0, 0.1) is 19.8 Å². The lowest BCUT2D eigenvalue weighted by atomic mass is 9.81. The predicted octanol–water partition coefficient (Wildman–Crippen LogP) is 4.76. The molecule has 3 nitrogen and oxygen atoms in total. The van der Waals surface area contributed by atoms with E-state index in [9.17, 15) is 0 Å². The van der Waals surface area contributed by atoms with E-state index in [1.54, 1.807) is 0 Å². The molecule has 1 aliphatic rings. The van der Waals surface area contributed by atoms with Crippen molar-refractivity contribution in [3.05, 3.63) is 47.3 Å². The zero-order valence-electron chi connectivity index (χ0n) is 13.0. The Morgan fingerprint density at radius 2 is 1.81 bits per heavy atom. The van der Waals surface area contributed by atoms with Gasteiger partial charge in [0, 0.05) is 0 Å². The summed E-state index contributed by atoms with van der Waals surface area (Å²) in [4.78, 5) is 0. The van der Waals surface area contributed by atoms with Gasteiger partial charge >= 0.3 is 0 Å². The van der Waals surface area contributed by atoms with Gasteiger partial charge in [0.1, 0.15) is 0 Å². The molecule has 3 rings (SSSR count). The first-order valence-electron chi connectivity index (χ1n) is 8.09. The van der Waals surface area contributed by atoms with Gasteiger partial charge in [-0.1, -0.05) is 49.6 Å². The maximum absolute atomic E-state index is 4.32. The summed E-state index contributed by atoms with van der Waals surface area (Å²) in [5, 5.41) is 11.2. The van der Waals surface area contributed by atoms with E-state index in [1.165, 1.54) is 43.4 Å². The molecule has 1 saturated carbocycles. The molecule has 1 aromatic heterocycles. The fourth-order valence-electron chi connectivity index (χ4n) is 3.52. The molecule has 0 spiro atoms. The lowest BCUT2D eigenvalue weighted by Crippen LogP contribution is -2.23. The Bertz CT molecular complexity index is 548. The van der Waals surface area contributed by atoms with Crippen molar-refractivity contribution < 1.29 is 0 Å². The second-order valence-electron chi connectivity index (χ2n) is 6.24. The van der Waals surface area contributed by atoms with E-state index in [-0.39, 0.29) is 0 Å². The summed E-state index contributed by atoms with van der Waals surface area (Å²) in [7, 11) is 0. The average Bonchev–Trinajstić information content (AvgIpc) is 2.85. The van der Waals surface area contributed by atoms with Crippen molar-refractivity contribution in [1.82, 2.24) is 10.2 Å². The number of rotatable bonds is 4. The average molecular weight is 283 g/mol. The molecule has 0 saturated heterocycles. The Labute approximate surface area is 127 Å². The van der Waals surface area contributed by atoms with E-state index >= 15 is 0 Å². The van der Waals surface area contributed by atoms with Crippen molar-refractivity contribution in [3.63, 3.8) is 0 Å². The molecule has 1 unspecified atom stereocenters. The van der Waals surface area contributed by atoms with Crippen LogP contribution in [0.2, 0.25) is 0 Å². The van der Waals surface area contributed by atoms with Crippen molar-refractivity contribution >= 4 is 5.69 Å². The second kappa shape index (κ2) is 6.33. The van der Waals surface area contributed by atoms with E-state index in [4.69, 9.17) is 0 Å². The van der Waals surface area contributed by atoms with Gasteiger partial charge in [0.05, 0.1) is 23.1 Å². The van der Waals surface area contributed by atoms with Gasteiger partial charge in [-0.15, -0.1) is 0 Å². The molecule has 1 fully saturated rings. The molecule has 0 bridgehead atoms. The highest BCUT2D eigenvalue weighted by Gasteiger charge is 2.26. The molecule has 1 atom stereocenters. The number of aromatic amines is 1. The molecule has 0 aliphatic heterocycles. The van der Waals surface area contributed by atoms with Gasteiger partial charge in [-0.05, 0) is 38.2 Å². The number of benzene rings is 1. The Balaban J connectivity index is 1.88. The van der Waals surface area contributed by atoms with Crippen LogP contribution < -0.4 is 5.32 Å². The highest BCUT2D eigenvalue weighted by Crippen LogP contribution is 2.37. The van der Waals surface area contributed by atoms with Crippen LogP contribution in [0.3, 0.4) is 0 Å². The molecule has 21 heavy (non-hydrogen) atoms. The number of aromatic nitrogens is 2. The SMILES string of the molecule is Cc1n[nH]c(C)c1NC(c1ccccc1)C1CCCCC1. The highest BCUT2D eigenvalue weighted by atomic mass is 15.2. The molecule has 1 aromatic carbocycles. The van der Waals surface area contributed by atoms with Crippen LogP contribution in [0.25, 0.3) is 0 Å². The first-order chi connectivity index (χ1) is 10.3. The van der Waals surface area contributed by atoms with Crippen LogP contribution in [0.1, 0.15) is 55.1 Å². The van der Waals surface area contributed by atoms with Crippen LogP contribution in [0.4, 0.5) is 5.69 Å². The molecule has 112 valence electrons. The number of anilines is 1. The first kappa shape index (κ1) is 14.2. The zero-order chi connectivity index (χ0) is 14.7. The van der Waals surface area contributed by atoms with Crippen LogP contribution in [-0.2, 0) is 0 Å². The standard InChI is InChI=1S/C18H25N3/c1-13-17(14(2)21-20-13)19-18(15-9-5-3-6-10-15)16-11-7-4-8-12-16/h3,5-6,9-10,16,18-19H,4,7-8,11-12H2,1-2H3,(H,20,21). The van der Waals surface area contributed by atoms with Crippen molar-refractivity contribution in [2.24, 2.45) is 5.92 Å². The van der Waals surface area contributed by atoms with Gasteiger partial charge < -0.3 is 5.32 Å². The number of hydrogen-bond donors (Lipinski definition) is 2. The minimum atomic E-state index is 0.390. The molecule has 1 heterocycles. The minimum Gasteiger partial charge on any atom is -0.375 e. The fourth-order valence-corrected chi connectivity index (χ4v) is 3.52. The topological polar surface area (TPSA) is 40.7 Å². The predicted molar refractivity (Wildman–Crippen MR) is 87.4 cm³/mol. The monoisotopic (exact) mass is 283 g/mol. The van der Waals surface area contributed by atoms with Crippen molar-refractivity contribution in [2.75, 3.05) is 5.32 Å². The Hall–Kier alpha value is -1.77. The number of hydrogen-bond acceptors (Lipinski definition) is 2. The van der Waals surface area contributed by atoms with Gasteiger partial charge in [-0.2, -0.15) is 5.10 Å². The van der Waals surface area contributed by atoms with Crippen LogP contribution >= 0.6 is 0 Å².